The fourth-order valence-electron chi connectivity index (χ4n) is 4.86. The van der Waals surface area contributed by atoms with Crippen molar-refractivity contribution in [1.82, 2.24) is 19.8 Å². The van der Waals surface area contributed by atoms with Crippen LogP contribution in [0.2, 0.25) is 5.02 Å². The molecule has 0 radical (unpaired) electrons. The summed E-state index contributed by atoms with van der Waals surface area (Å²) < 4.78 is 2.48. The topological polar surface area (TPSA) is 84.3 Å². The second kappa shape index (κ2) is 9.79. The van der Waals surface area contributed by atoms with Gasteiger partial charge >= 0.3 is 0 Å². The minimum atomic E-state index is -0.445. The van der Waals surface area contributed by atoms with Crippen LogP contribution in [0.1, 0.15) is 34.0 Å². The molecule has 0 spiro atoms. The summed E-state index contributed by atoms with van der Waals surface area (Å²) in [4.78, 5) is 44.9. The van der Waals surface area contributed by atoms with Gasteiger partial charge in [-0.05, 0) is 58.1 Å². The highest BCUT2D eigenvalue weighted by Gasteiger charge is 2.37. The van der Waals surface area contributed by atoms with E-state index in [1.807, 2.05) is 16.7 Å². The molecule has 2 aliphatic heterocycles. The number of carbonyl (C=O) groups is 2. The van der Waals surface area contributed by atoms with Crippen LogP contribution in [-0.2, 0) is 11.3 Å². The number of hydrogen-bond acceptors (Lipinski definition) is 4. The molecular formula is C26H22BrClN4O3. The molecule has 2 atom stereocenters. The number of amides is 2. The van der Waals surface area contributed by atoms with Crippen LogP contribution in [0.15, 0.2) is 75.9 Å². The van der Waals surface area contributed by atoms with E-state index in [9.17, 15) is 14.4 Å². The van der Waals surface area contributed by atoms with Crippen molar-refractivity contribution in [3.05, 3.63) is 103 Å². The maximum absolute atomic E-state index is 13.8. The third-order valence-corrected chi connectivity index (χ3v) is 7.20. The zero-order chi connectivity index (χ0) is 24.5. The highest BCUT2D eigenvalue weighted by Crippen LogP contribution is 2.35. The zero-order valence-electron chi connectivity index (χ0n) is 18.7. The van der Waals surface area contributed by atoms with Gasteiger partial charge in [0.2, 0.25) is 0 Å². The maximum Gasteiger partial charge on any atom is 0.270 e. The Morgan fingerprint density at radius 2 is 1.91 bits per heavy atom. The molecule has 2 unspecified atom stereocenters. The fraction of sp³-hybridized carbons (Fsp3) is 0.231. The lowest BCUT2D eigenvalue weighted by Crippen LogP contribution is -2.50. The molecule has 1 fully saturated rings. The molecule has 2 aliphatic rings. The van der Waals surface area contributed by atoms with Crippen LogP contribution in [0, 0.1) is 5.92 Å². The van der Waals surface area contributed by atoms with Crippen molar-refractivity contribution in [2.75, 3.05) is 13.1 Å². The number of nitrogens with zero attached hydrogens (tertiary/aromatic N) is 3. The van der Waals surface area contributed by atoms with Gasteiger partial charge in [-0.2, -0.15) is 0 Å². The quantitative estimate of drug-likeness (QED) is 0.494. The van der Waals surface area contributed by atoms with E-state index in [1.165, 1.54) is 6.20 Å². The molecule has 1 saturated heterocycles. The second-order valence-corrected chi connectivity index (χ2v) is 10.2. The minimum absolute atomic E-state index is 0.00817. The molecule has 35 heavy (non-hydrogen) atoms. The molecule has 178 valence electrons. The second-order valence-electron chi connectivity index (χ2n) is 8.83. The number of nitrogens with one attached hydrogen (secondary N) is 1. The first-order valence-electron chi connectivity index (χ1n) is 11.3. The molecule has 7 nitrogen and oxygen atoms in total. The summed E-state index contributed by atoms with van der Waals surface area (Å²) in [7, 11) is 0. The lowest BCUT2D eigenvalue weighted by molar-refractivity contribution is -0.130. The van der Waals surface area contributed by atoms with Crippen LogP contribution < -0.4 is 10.9 Å². The average molecular weight is 554 g/mol. The molecule has 2 bridgehead atoms. The largest absolute Gasteiger partial charge is 0.336 e. The van der Waals surface area contributed by atoms with E-state index in [-0.39, 0.29) is 29.0 Å². The van der Waals surface area contributed by atoms with Crippen molar-refractivity contribution < 1.29 is 9.59 Å². The first-order chi connectivity index (χ1) is 16.9. The van der Waals surface area contributed by atoms with E-state index in [4.69, 9.17) is 11.6 Å². The molecule has 2 aromatic heterocycles. The number of pyridine rings is 2. The molecule has 4 heterocycles. The number of hydrogen-bond donors (Lipinski definition) is 1. The van der Waals surface area contributed by atoms with Crippen molar-refractivity contribution in [1.29, 1.82) is 0 Å². The lowest BCUT2D eigenvalue weighted by atomic mass is 9.83. The maximum atomic E-state index is 13.8. The van der Waals surface area contributed by atoms with Crippen LogP contribution in [-0.4, -0.2) is 39.4 Å². The summed E-state index contributed by atoms with van der Waals surface area (Å²) in [6.07, 6.45) is 5.55. The Labute approximate surface area is 215 Å². The molecule has 1 N–H and O–H groups in total. The Bertz CT molecular complexity index is 1400. The summed E-state index contributed by atoms with van der Waals surface area (Å²) >= 11 is 9.67. The number of fused-ring (bicyclic) bond motifs is 4. The van der Waals surface area contributed by atoms with Crippen LogP contribution in [0.25, 0.3) is 6.08 Å². The predicted octanol–water partition coefficient (Wildman–Crippen LogP) is 4.08. The Balaban J connectivity index is 1.46. The van der Waals surface area contributed by atoms with Gasteiger partial charge < -0.3 is 14.8 Å². The number of benzene rings is 1. The highest BCUT2D eigenvalue weighted by molar-refractivity contribution is 9.10. The fourth-order valence-corrected chi connectivity index (χ4v) is 5.42. The summed E-state index contributed by atoms with van der Waals surface area (Å²) in [5, 5.41) is 3.26. The van der Waals surface area contributed by atoms with E-state index >= 15 is 0 Å². The monoisotopic (exact) mass is 552 g/mol. The van der Waals surface area contributed by atoms with Gasteiger partial charge in [-0.3, -0.25) is 19.4 Å². The normalized spacial score (nSPS) is 19.1. The highest BCUT2D eigenvalue weighted by atomic mass is 79.9. The van der Waals surface area contributed by atoms with Gasteiger partial charge in [-0.15, -0.1) is 0 Å². The predicted molar refractivity (Wildman–Crippen MR) is 137 cm³/mol. The molecule has 0 saturated carbocycles. The van der Waals surface area contributed by atoms with E-state index < -0.39 is 5.91 Å². The molecule has 0 aliphatic carbocycles. The van der Waals surface area contributed by atoms with E-state index in [2.05, 4.69) is 26.2 Å². The van der Waals surface area contributed by atoms with E-state index in [1.54, 1.807) is 53.6 Å². The van der Waals surface area contributed by atoms with Gasteiger partial charge in [0.15, 0.2) is 0 Å². The number of rotatable bonds is 4. The molecule has 9 heteroatoms. The Morgan fingerprint density at radius 3 is 2.71 bits per heavy atom. The van der Waals surface area contributed by atoms with Gasteiger partial charge in [-0.1, -0.05) is 35.9 Å². The summed E-state index contributed by atoms with van der Waals surface area (Å²) in [5.74, 6) is -0.508. The summed E-state index contributed by atoms with van der Waals surface area (Å²) in [6.45, 7) is 1.55. The number of carbonyl (C=O) groups excluding carboxylic acids is 2. The Hall–Kier alpha value is -3.23. The van der Waals surface area contributed by atoms with Crippen molar-refractivity contribution in [3.63, 3.8) is 0 Å². The third kappa shape index (κ3) is 4.94. The lowest BCUT2D eigenvalue weighted by Gasteiger charge is -2.43. The standard InChI is InChI=1S/C26H22BrClN4O3/c27-20-9-18(11-29-12-20)25(34)30-22(10-17-4-1-2-5-21(17)28)26(35)31-13-16-8-19(15-31)23-6-3-7-24(33)32(23)14-16/h1-7,9-12,16,19H,8,13-15H2,(H,30,34)/b22-10-. The first-order valence-corrected chi connectivity index (χ1v) is 12.4. The van der Waals surface area contributed by atoms with Crippen molar-refractivity contribution >= 4 is 45.4 Å². The Morgan fingerprint density at radius 1 is 1.09 bits per heavy atom. The molecule has 1 aromatic carbocycles. The number of piperidine rings is 1. The van der Waals surface area contributed by atoms with Crippen LogP contribution in [0.3, 0.4) is 0 Å². The van der Waals surface area contributed by atoms with Crippen molar-refractivity contribution in [3.8, 4) is 0 Å². The smallest absolute Gasteiger partial charge is 0.270 e. The Kier molecular flexibility index (Phi) is 6.58. The van der Waals surface area contributed by atoms with E-state index in [0.717, 1.165) is 12.1 Å². The van der Waals surface area contributed by atoms with E-state index in [0.29, 0.717) is 40.3 Å². The van der Waals surface area contributed by atoms with Gasteiger partial charge in [-0.25, -0.2) is 0 Å². The molecule has 3 aromatic rings. The van der Waals surface area contributed by atoms with Crippen LogP contribution >= 0.6 is 27.5 Å². The molecular weight excluding hydrogens is 532 g/mol. The van der Waals surface area contributed by atoms with Gasteiger partial charge in [0, 0.05) is 59.2 Å². The number of halogens is 2. The average Bonchev–Trinajstić information content (AvgIpc) is 2.85. The molecule has 2 amide bonds. The first kappa shape index (κ1) is 23.5. The third-order valence-electron chi connectivity index (χ3n) is 6.42. The van der Waals surface area contributed by atoms with Crippen molar-refractivity contribution in [2.24, 2.45) is 5.92 Å². The summed E-state index contributed by atoms with van der Waals surface area (Å²) in [6, 6.07) is 14.1. The van der Waals surface area contributed by atoms with Gasteiger partial charge in [0.1, 0.15) is 5.70 Å². The summed E-state index contributed by atoms with van der Waals surface area (Å²) in [5.41, 5.74) is 2.02. The minimum Gasteiger partial charge on any atom is -0.336 e. The number of likely N-dealkylation sites (tertiary alicyclic amines) is 1. The zero-order valence-corrected chi connectivity index (χ0v) is 21.0. The number of aromatic nitrogens is 2. The molecule has 5 rings (SSSR count). The van der Waals surface area contributed by atoms with Gasteiger partial charge in [0.25, 0.3) is 17.4 Å². The van der Waals surface area contributed by atoms with Crippen molar-refractivity contribution in [2.45, 2.75) is 18.9 Å². The van der Waals surface area contributed by atoms with Crippen LogP contribution in [0.5, 0.6) is 0 Å². The van der Waals surface area contributed by atoms with Gasteiger partial charge in [0.05, 0.1) is 5.56 Å². The van der Waals surface area contributed by atoms with Crippen LogP contribution in [0.4, 0.5) is 0 Å². The SMILES string of the molecule is O=C(N/C(=C\c1ccccc1Cl)C(=O)N1CC2CC(C1)c1cccc(=O)n1C2)c1cncc(Br)c1.